The topological polar surface area (TPSA) is 57.5 Å². The summed E-state index contributed by atoms with van der Waals surface area (Å²) in [6.07, 6.45) is 1.62. The number of hydrogen-bond donors (Lipinski definition) is 2. The predicted molar refractivity (Wildman–Crippen MR) is 83.6 cm³/mol. The van der Waals surface area contributed by atoms with Gasteiger partial charge >= 0.3 is 6.03 Å². The second kappa shape index (κ2) is 7.15. The first-order valence-electron chi connectivity index (χ1n) is 6.56. The molecular weight excluding hydrogens is 290 g/mol. The van der Waals surface area contributed by atoms with Crippen LogP contribution in [0.1, 0.15) is 11.8 Å². The van der Waals surface area contributed by atoms with Gasteiger partial charge in [0.15, 0.2) is 0 Å². The normalized spacial score (nSPS) is 12.2. The minimum Gasteiger partial charge on any atom is -0.468 e. The predicted octanol–water partition coefficient (Wildman–Crippen LogP) is 3.36. The maximum Gasteiger partial charge on any atom is 0.319 e. The third-order valence-electron chi connectivity index (χ3n) is 3.03. The lowest BCUT2D eigenvalue weighted by atomic mass is 10.2. The highest BCUT2D eigenvalue weighted by molar-refractivity contribution is 6.30. The van der Waals surface area contributed by atoms with E-state index in [4.69, 9.17) is 16.0 Å². The van der Waals surface area contributed by atoms with Crippen LogP contribution in [-0.2, 0) is 0 Å². The third-order valence-corrected chi connectivity index (χ3v) is 3.27. The zero-order chi connectivity index (χ0) is 15.2. The number of anilines is 1. The van der Waals surface area contributed by atoms with Crippen molar-refractivity contribution >= 4 is 23.3 Å². The van der Waals surface area contributed by atoms with Gasteiger partial charge in [-0.05, 0) is 44.4 Å². The molecule has 2 N–H and O–H groups in total. The van der Waals surface area contributed by atoms with Crippen molar-refractivity contribution in [1.29, 1.82) is 0 Å². The van der Waals surface area contributed by atoms with Gasteiger partial charge in [0.1, 0.15) is 5.76 Å². The van der Waals surface area contributed by atoms with Crippen molar-refractivity contribution in [3.05, 3.63) is 53.4 Å². The average molecular weight is 308 g/mol. The molecule has 0 aliphatic carbocycles. The highest BCUT2D eigenvalue weighted by Crippen LogP contribution is 2.18. The van der Waals surface area contributed by atoms with E-state index in [1.807, 2.05) is 31.1 Å². The van der Waals surface area contributed by atoms with Crippen LogP contribution in [0, 0.1) is 0 Å². The number of amides is 2. The number of furan rings is 1. The highest BCUT2D eigenvalue weighted by atomic mass is 35.5. The first kappa shape index (κ1) is 15.4. The molecule has 1 heterocycles. The molecule has 0 fully saturated rings. The summed E-state index contributed by atoms with van der Waals surface area (Å²) >= 11 is 5.87. The zero-order valence-corrected chi connectivity index (χ0v) is 12.7. The molecule has 0 aliphatic rings. The summed E-state index contributed by atoms with van der Waals surface area (Å²) < 4.78 is 5.39. The number of nitrogens with one attached hydrogen (secondary N) is 2. The fourth-order valence-corrected chi connectivity index (χ4v) is 2.14. The van der Waals surface area contributed by atoms with E-state index in [0.717, 1.165) is 5.76 Å². The lowest BCUT2D eigenvalue weighted by Crippen LogP contribution is -2.36. The molecule has 6 heteroatoms. The number of benzene rings is 1. The fraction of sp³-hybridized carbons (Fsp3) is 0.267. The minimum absolute atomic E-state index is 0.0230. The smallest absolute Gasteiger partial charge is 0.319 e. The van der Waals surface area contributed by atoms with Crippen molar-refractivity contribution < 1.29 is 9.21 Å². The number of rotatable bonds is 5. The van der Waals surface area contributed by atoms with E-state index >= 15 is 0 Å². The van der Waals surface area contributed by atoms with Crippen LogP contribution >= 0.6 is 11.6 Å². The standard InChI is InChI=1S/C15H18ClN3O2/c1-19(2)13(14-7-4-8-21-14)10-17-15(20)18-12-6-3-5-11(16)9-12/h3-9,13H,10H2,1-2H3,(H2,17,18,20)/t13-/m0/s1. The molecule has 0 bridgehead atoms. The Kier molecular flexibility index (Phi) is 5.25. The Balaban J connectivity index is 1.90. The Morgan fingerprint density at radius 1 is 1.33 bits per heavy atom. The van der Waals surface area contributed by atoms with Crippen molar-refractivity contribution in [2.45, 2.75) is 6.04 Å². The molecule has 1 aromatic heterocycles. The molecule has 1 aromatic carbocycles. The SMILES string of the molecule is CN(C)[C@@H](CNC(=O)Nc1cccc(Cl)c1)c1ccco1. The molecule has 0 unspecified atom stereocenters. The van der Waals surface area contributed by atoms with Crippen LogP contribution in [0.2, 0.25) is 5.02 Å². The lowest BCUT2D eigenvalue weighted by molar-refractivity contribution is 0.233. The zero-order valence-electron chi connectivity index (χ0n) is 12.0. The van der Waals surface area contributed by atoms with Gasteiger partial charge in [0, 0.05) is 17.3 Å². The molecule has 0 radical (unpaired) electrons. The molecule has 2 rings (SSSR count). The van der Waals surface area contributed by atoms with Crippen molar-refractivity contribution in [2.24, 2.45) is 0 Å². The van der Waals surface area contributed by atoms with Crippen molar-refractivity contribution in [3.8, 4) is 0 Å². The van der Waals surface area contributed by atoms with E-state index in [9.17, 15) is 4.79 Å². The van der Waals surface area contributed by atoms with Gasteiger partial charge in [-0.3, -0.25) is 4.90 Å². The quantitative estimate of drug-likeness (QED) is 0.890. The van der Waals surface area contributed by atoms with Gasteiger partial charge in [-0.25, -0.2) is 4.79 Å². The Morgan fingerprint density at radius 3 is 2.76 bits per heavy atom. The lowest BCUT2D eigenvalue weighted by Gasteiger charge is -2.22. The van der Waals surface area contributed by atoms with E-state index in [-0.39, 0.29) is 12.1 Å². The van der Waals surface area contributed by atoms with Crippen LogP contribution in [0.4, 0.5) is 10.5 Å². The molecule has 0 aliphatic heterocycles. The molecule has 0 saturated heterocycles. The van der Waals surface area contributed by atoms with Gasteiger partial charge in [0.05, 0.1) is 12.3 Å². The Morgan fingerprint density at radius 2 is 2.14 bits per heavy atom. The number of halogens is 1. The number of urea groups is 1. The van der Waals surface area contributed by atoms with Gasteiger partial charge in [-0.15, -0.1) is 0 Å². The maximum atomic E-state index is 11.9. The van der Waals surface area contributed by atoms with Crippen LogP contribution in [0.3, 0.4) is 0 Å². The maximum absolute atomic E-state index is 11.9. The van der Waals surface area contributed by atoms with Crippen LogP contribution in [0.5, 0.6) is 0 Å². The molecule has 2 aromatic rings. The molecule has 0 spiro atoms. The summed E-state index contributed by atoms with van der Waals surface area (Å²) in [6, 6.07) is 10.4. The van der Waals surface area contributed by atoms with Gasteiger partial charge in [0.2, 0.25) is 0 Å². The van der Waals surface area contributed by atoms with E-state index in [1.54, 1.807) is 30.5 Å². The van der Waals surface area contributed by atoms with Gasteiger partial charge < -0.3 is 15.1 Å². The number of carbonyl (C=O) groups is 1. The fourth-order valence-electron chi connectivity index (χ4n) is 1.95. The van der Waals surface area contributed by atoms with Crippen LogP contribution in [0.15, 0.2) is 47.1 Å². The number of nitrogens with zero attached hydrogens (tertiary/aromatic N) is 1. The van der Waals surface area contributed by atoms with Crippen LogP contribution in [-0.4, -0.2) is 31.6 Å². The Hall–Kier alpha value is -1.98. The second-order valence-corrected chi connectivity index (χ2v) is 5.28. The van der Waals surface area contributed by atoms with Gasteiger partial charge in [0.25, 0.3) is 0 Å². The first-order chi connectivity index (χ1) is 10.1. The summed E-state index contributed by atoms with van der Waals surface area (Å²) in [4.78, 5) is 13.9. The molecule has 0 saturated carbocycles. The monoisotopic (exact) mass is 307 g/mol. The van der Waals surface area contributed by atoms with Gasteiger partial charge in [-0.1, -0.05) is 17.7 Å². The number of likely N-dealkylation sites (N-methyl/N-ethyl adjacent to an activating group) is 1. The molecule has 5 nitrogen and oxygen atoms in total. The van der Waals surface area contributed by atoms with Gasteiger partial charge in [-0.2, -0.15) is 0 Å². The van der Waals surface area contributed by atoms with E-state index in [1.165, 1.54) is 0 Å². The van der Waals surface area contributed by atoms with Crippen LogP contribution in [0.25, 0.3) is 0 Å². The largest absolute Gasteiger partial charge is 0.468 e. The molecule has 21 heavy (non-hydrogen) atoms. The number of hydrogen-bond acceptors (Lipinski definition) is 3. The average Bonchev–Trinajstić information content (AvgIpc) is 2.92. The van der Waals surface area contributed by atoms with Crippen molar-refractivity contribution in [1.82, 2.24) is 10.2 Å². The molecular formula is C15H18ClN3O2. The summed E-state index contributed by atoms with van der Waals surface area (Å²) in [5, 5.41) is 6.14. The Bertz CT molecular complexity index is 584. The van der Waals surface area contributed by atoms with E-state index in [0.29, 0.717) is 17.3 Å². The van der Waals surface area contributed by atoms with E-state index in [2.05, 4.69) is 10.6 Å². The van der Waals surface area contributed by atoms with E-state index < -0.39 is 0 Å². The Labute approximate surface area is 128 Å². The second-order valence-electron chi connectivity index (χ2n) is 4.84. The molecule has 2 amide bonds. The third kappa shape index (κ3) is 4.51. The summed E-state index contributed by atoms with van der Waals surface area (Å²) in [7, 11) is 3.87. The van der Waals surface area contributed by atoms with Crippen LogP contribution < -0.4 is 10.6 Å². The summed E-state index contributed by atoms with van der Waals surface area (Å²) in [6.45, 7) is 0.437. The summed E-state index contributed by atoms with van der Waals surface area (Å²) in [5.74, 6) is 0.808. The minimum atomic E-state index is -0.282. The molecule has 1 atom stereocenters. The van der Waals surface area contributed by atoms with Crippen molar-refractivity contribution in [3.63, 3.8) is 0 Å². The molecule has 112 valence electrons. The highest BCUT2D eigenvalue weighted by Gasteiger charge is 2.17. The first-order valence-corrected chi connectivity index (χ1v) is 6.94. The van der Waals surface area contributed by atoms with Crippen molar-refractivity contribution in [2.75, 3.05) is 26.0 Å². The summed E-state index contributed by atoms with van der Waals surface area (Å²) in [5.41, 5.74) is 0.652. The number of carbonyl (C=O) groups excluding carboxylic acids is 1.